The van der Waals surface area contributed by atoms with Crippen LogP contribution >= 0.6 is 0 Å². The summed E-state index contributed by atoms with van der Waals surface area (Å²) < 4.78 is 12.5. The molecule has 1 atom stereocenters. The molecule has 2 rings (SSSR count). The Bertz CT molecular complexity index is 862. The van der Waals surface area contributed by atoms with Crippen molar-refractivity contribution in [1.29, 1.82) is 0 Å². The lowest BCUT2D eigenvalue weighted by Gasteiger charge is -2.45. The third-order valence-electron chi connectivity index (χ3n) is 5.53. The van der Waals surface area contributed by atoms with Crippen LogP contribution in [0.3, 0.4) is 0 Å². The minimum atomic E-state index is -2.72. The Balaban J connectivity index is 2.32. The van der Waals surface area contributed by atoms with E-state index in [-0.39, 0.29) is 17.7 Å². The highest BCUT2D eigenvalue weighted by Gasteiger charge is 2.51. The van der Waals surface area contributed by atoms with Gasteiger partial charge in [-0.3, -0.25) is 0 Å². The Morgan fingerprint density at radius 3 is 1.94 bits per heavy atom. The molecule has 1 amide bonds. The molecular weight excluding hydrogens is 442 g/mol. The topological polar surface area (TPSA) is 67.8 Å². The minimum absolute atomic E-state index is 0.0449. The van der Waals surface area contributed by atoms with Gasteiger partial charge in [-0.2, -0.15) is 0 Å². The first-order valence-corrected chi connectivity index (χ1v) is 13.9. The van der Waals surface area contributed by atoms with Crippen molar-refractivity contribution in [3.63, 3.8) is 0 Å². The van der Waals surface area contributed by atoms with Gasteiger partial charge in [-0.1, -0.05) is 93.6 Å². The first-order chi connectivity index (χ1) is 16.0. The predicted molar refractivity (Wildman–Crippen MR) is 142 cm³/mol. The zero-order valence-corrected chi connectivity index (χ0v) is 22.5. The Labute approximate surface area is 206 Å². The zero-order valence-electron chi connectivity index (χ0n) is 21.5. The molecule has 0 fully saturated rings. The van der Waals surface area contributed by atoms with E-state index in [0.717, 1.165) is 6.42 Å². The summed E-state index contributed by atoms with van der Waals surface area (Å²) in [6.07, 6.45) is 4.49. The van der Waals surface area contributed by atoms with Crippen LogP contribution in [0.15, 0.2) is 72.8 Å². The number of aliphatic hydroxyl groups excluding tert-OH is 1. The van der Waals surface area contributed by atoms with Gasteiger partial charge in [-0.25, -0.2) is 4.79 Å². The number of benzene rings is 2. The lowest BCUT2D eigenvalue weighted by Crippen LogP contribution is -2.67. The highest BCUT2D eigenvalue weighted by molar-refractivity contribution is 6.99. The Morgan fingerprint density at radius 2 is 1.50 bits per heavy atom. The number of rotatable bonds is 10. The van der Waals surface area contributed by atoms with E-state index in [1.54, 1.807) is 6.08 Å². The summed E-state index contributed by atoms with van der Waals surface area (Å²) in [5.41, 5.74) is -0.525. The average Bonchev–Trinajstić information content (AvgIpc) is 2.77. The molecule has 0 bridgehead atoms. The molecule has 6 heteroatoms. The molecule has 34 heavy (non-hydrogen) atoms. The maximum absolute atomic E-state index is 12.0. The highest BCUT2D eigenvalue weighted by atomic mass is 28.4. The summed E-state index contributed by atoms with van der Waals surface area (Å²) in [7, 11) is -2.72. The summed E-state index contributed by atoms with van der Waals surface area (Å²) in [5, 5.41) is 14.6. The lowest BCUT2D eigenvalue weighted by molar-refractivity contribution is 0.0525. The molecule has 0 aliphatic carbocycles. The van der Waals surface area contributed by atoms with Crippen LogP contribution < -0.4 is 15.7 Å². The second kappa shape index (κ2) is 12.3. The third-order valence-corrected chi connectivity index (χ3v) is 10.6. The van der Waals surface area contributed by atoms with E-state index in [1.807, 2.05) is 39.0 Å². The molecule has 2 aromatic rings. The number of ether oxygens (including phenoxy) is 1. The van der Waals surface area contributed by atoms with Crippen LogP contribution in [0.5, 0.6) is 0 Å². The summed E-state index contributed by atoms with van der Waals surface area (Å²) in [6.45, 7) is 12.7. The van der Waals surface area contributed by atoms with Crippen molar-refractivity contribution in [2.45, 2.75) is 71.1 Å². The van der Waals surface area contributed by atoms with E-state index in [9.17, 15) is 9.90 Å². The van der Waals surface area contributed by atoms with Crippen LogP contribution in [0.4, 0.5) is 4.79 Å². The largest absolute Gasteiger partial charge is 0.444 e. The first-order valence-electron chi connectivity index (χ1n) is 12.0. The van der Waals surface area contributed by atoms with Crippen LogP contribution in [-0.4, -0.2) is 44.4 Å². The van der Waals surface area contributed by atoms with E-state index in [2.05, 4.69) is 74.6 Å². The van der Waals surface area contributed by atoms with Crippen molar-refractivity contribution >= 4 is 24.8 Å². The van der Waals surface area contributed by atoms with E-state index in [4.69, 9.17) is 9.16 Å². The van der Waals surface area contributed by atoms with Crippen molar-refractivity contribution in [3.05, 3.63) is 72.8 Å². The monoisotopic (exact) mass is 483 g/mol. The van der Waals surface area contributed by atoms with Crippen LogP contribution in [0.2, 0.25) is 5.04 Å². The molecule has 186 valence electrons. The van der Waals surface area contributed by atoms with Crippen LogP contribution in [0.25, 0.3) is 0 Å². The van der Waals surface area contributed by atoms with Gasteiger partial charge < -0.3 is 19.6 Å². The van der Waals surface area contributed by atoms with E-state index >= 15 is 0 Å². The van der Waals surface area contributed by atoms with Crippen molar-refractivity contribution in [2.75, 3.05) is 13.2 Å². The fourth-order valence-corrected chi connectivity index (χ4v) is 8.80. The van der Waals surface area contributed by atoms with Crippen LogP contribution in [-0.2, 0) is 9.16 Å². The van der Waals surface area contributed by atoms with Crippen molar-refractivity contribution in [3.8, 4) is 0 Å². The van der Waals surface area contributed by atoms with Gasteiger partial charge in [0.1, 0.15) is 5.60 Å². The Morgan fingerprint density at radius 1 is 0.971 bits per heavy atom. The van der Waals surface area contributed by atoms with Crippen molar-refractivity contribution in [1.82, 2.24) is 5.32 Å². The molecule has 0 spiro atoms. The fraction of sp³-hybridized carbons (Fsp3) is 0.464. The quantitative estimate of drug-likeness (QED) is 0.290. The van der Waals surface area contributed by atoms with Crippen LogP contribution in [0.1, 0.15) is 54.4 Å². The first kappa shape index (κ1) is 27.8. The molecular formula is C28H41NO4Si. The van der Waals surface area contributed by atoms with Gasteiger partial charge in [0.2, 0.25) is 0 Å². The van der Waals surface area contributed by atoms with Gasteiger partial charge >= 0.3 is 6.09 Å². The summed E-state index contributed by atoms with van der Waals surface area (Å²) >= 11 is 0. The molecule has 1 unspecified atom stereocenters. The number of hydrogen-bond donors (Lipinski definition) is 2. The Kier molecular flexibility index (Phi) is 10.1. The molecule has 0 heterocycles. The van der Waals surface area contributed by atoms with E-state index in [0.29, 0.717) is 13.0 Å². The number of nitrogens with one attached hydrogen (secondary N) is 1. The number of alkyl carbamates (subject to hydrolysis) is 1. The maximum atomic E-state index is 12.0. The van der Waals surface area contributed by atoms with Gasteiger partial charge in [-0.15, -0.1) is 0 Å². The molecule has 0 aromatic heterocycles. The van der Waals surface area contributed by atoms with Crippen molar-refractivity contribution in [2.24, 2.45) is 0 Å². The van der Waals surface area contributed by atoms with Gasteiger partial charge in [0.05, 0.1) is 12.7 Å². The molecule has 0 saturated heterocycles. The molecule has 0 aliphatic rings. The molecule has 5 nitrogen and oxygen atoms in total. The standard InChI is InChI=1S/C28H41NO4Si/c1-27(2,3)32-26(31)29-21-13-15-23(16-14-22-30)33-34(28(4,5)6,24-17-9-7-10-18-24)25-19-11-8-12-20-25/h7-12,14,16-20,23,30H,13,15,21-22H2,1-6H3,(H,29,31)/b16-14-. The minimum Gasteiger partial charge on any atom is -0.444 e. The van der Waals surface area contributed by atoms with Crippen LogP contribution in [0, 0.1) is 0 Å². The smallest absolute Gasteiger partial charge is 0.407 e. The lowest BCUT2D eigenvalue weighted by atomic mass is 10.2. The molecule has 0 saturated carbocycles. The third kappa shape index (κ3) is 7.83. The normalized spacial score (nSPS) is 13.6. The second-order valence-corrected chi connectivity index (χ2v) is 14.8. The molecule has 2 N–H and O–H groups in total. The number of amides is 1. The number of aliphatic hydroxyl groups is 1. The molecule has 2 aromatic carbocycles. The van der Waals surface area contributed by atoms with Gasteiger partial charge in [0, 0.05) is 6.54 Å². The fourth-order valence-electron chi connectivity index (χ4n) is 4.13. The SMILES string of the molecule is CC(C)(C)OC(=O)NCCCC(/C=C\CO)O[Si](c1ccccc1)(c1ccccc1)C(C)(C)C. The van der Waals surface area contributed by atoms with Gasteiger partial charge in [0.15, 0.2) is 0 Å². The maximum Gasteiger partial charge on any atom is 0.407 e. The molecule has 0 aliphatic heterocycles. The number of carbonyl (C=O) groups is 1. The predicted octanol–water partition coefficient (Wildman–Crippen LogP) is 4.79. The number of carbonyl (C=O) groups excluding carboxylic acids is 1. The average molecular weight is 484 g/mol. The van der Waals surface area contributed by atoms with E-state index in [1.165, 1.54) is 10.4 Å². The second-order valence-electron chi connectivity index (χ2n) is 10.5. The van der Waals surface area contributed by atoms with Gasteiger partial charge in [0.25, 0.3) is 8.32 Å². The van der Waals surface area contributed by atoms with Crippen molar-refractivity contribution < 1.29 is 19.1 Å². The highest BCUT2D eigenvalue weighted by Crippen LogP contribution is 2.38. The number of hydrogen-bond acceptors (Lipinski definition) is 4. The van der Waals surface area contributed by atoms with Gasteiger partial charge in [-0.05, 0) is 49.0 Å². The summed E-state index contributed by atoms with van der Waals surface area (Å²) in [6, 6.07) is 21.0. The summed E-state index contributed by atoms with van der Waals surface area (Å²) in [4.78, 5) is 12.0. The van der Waals surface area contributed by atoms with E-state index < -0.39 is 20.0 Å². The molecule has 0 radical (unpaired) electrons. The zero-order chi connectivity index (χ0) is 25.2. The summed E-state index contributed by atoms with van der Waals surface area (Å²) in [5.74, 6) is 0. The Hall–Kier alpha value is -2.41.